The number of halogens is 2. The summed E-state index contributed by atoms with van der Waals surface area (Å²) in [6.07, 6.45) is 8.65. The Bertz CT molecular complexity index is 1950. The van der Waals surface area contributed by atoms with Crippen LogP contribution in [0.5, 0.6) is 0 Å². The number of carbonyl (C=O) groups is 2. The molecule has 0 atom stereocenters. The molecule has 6 rings (SSSR count). The number of aromatic carboxylic acids is 2. The van der Waals surface area contributed by atoms with Gasteiger partial charge in [0.15, 0.2) is 0 Å². The number of nitrogens with one attached hydrogen (secondary N) is 2. The molecule has 4 N–H and O–H groups in total. The minimum atomic E-state index is -1.50. The fourth-order valence-electron chi connectivity index (χ4n) is 7.51. The zero-order valence-corrected chi connectivity index (χ0v) is 29.4. The number of carboxylic acid groups (broad SMARTS) is 2. The van der Waals surface area contributed by atoms with Crippen LogP contribution in [0.2, 0.25) is 0 Å². The summed E-state index contributed by atoms with van der Waals surface area (Å²) < 4.78 is 34.8. The second kappa shape index (κ2) is 16.2. The molecule has 4 aromatic rings. The van der Waals surface area contributed by atoms with Crippen molar-refractivity contribution in [3.8, 4) is 0 Å². The predicted molar refractivity (Wildman–Crippen MR) is 197 cm³/mol. The van der Waals surface area contributed by atoms with E-state index in [0.29, 0.717) is 65.2 Å². The van der Waals surface area contributed by atoms with Crippen LogP contribution in [-0.4, -0.2) is 83.6 Å². The van der Waals surface area contributed by atoms with Crippen LogP contribution in [0, 0.1) is 11.6 Å². The molecule has 2 fully saturated rings. The number of unbranched alkanes of at least 4 members (excludes halogenated alkanes) is 6. The van der Waals surface area contributed by atoms with E-state index in [2.05, 4.69) is 17.6 Å². The molecule has 278 valence electrons. The standard InChI is InChI=1S/C38H46F2N6O6/c1-2-3-4-5-6-7-8-9-34(45-22-26(37(49)50)35(47)24-18-28(39)32(20-30(24)45)43-14-10-41-11-15-43)46-23-27(38(51)52)36(48)25-19-29(40)33(21-31(25)46)44-16-12-42-13-17-44/h18-23,34,41-42H,2-17H2,1H3,(H,49,50)(H,51,52). The van der Waals surface area contributed by atoms with Crippen LogP contribution < -0.4 is 31.3 Å². The zero-order chi connectivity index (χ0) is 36.9. The molecule has 52 heavy (non-hydrogen) atoms. The van der Waals surface area contributed by atoms with Gasteiger partial charge >= 0.3 is 11.9 Å². The number of benzene rings is 2. The lowest BCUT2D eigenvalue weighted by Crippen LogP contribution is -2.44. The number of anilines is 2. The van der Waals surface area contributed by atoms with E-state index in [9.17, 15) is 29.4 Å². The van der Waals surface area contributed by atoms with Gasteiger partial charge in [0, 0.05) is 75.5 Å². The van der Waals surface area contributed by atoms with E-state index < -0.39 is 51.7 Å². The van der Waals surface area contributed by atoms with Crippen LogP contribution in [0.25, 0.3) is 21.8 Å². The van der Waals surface area contributed by atoms with Gasteiger partial charge in [-0.05, 0) is 37.1 Å². The summed E-state index contributed by atoms with van der Waals surface area (Å²) in [6, 6.07) is 5.25. The molecule has 0 saturated carbocycles. The summed E-state index contributed by atoms with van der Waals surface area (Å²) in [5.41, 5.74) is -1.85. The molecule has 0 aliphatic carbocycles. The maximum absolute atomic E-state index is 15.8. The minimum absolute atomic E-state index is 0.141. The third-order valence-corrected chi connectivity index (χ3v) is 10.3. The van der Waals surface area contributed by atoms with Crippen molar-refractivity contribution in [3.63, 3.8) is 0 Å². The maximum Gasteiger partial charge on any atom is 0.341 e. The largest absolute Gasteiger partial charge is 0.477 e. The predicted octanol–water partition coefficient (Wildman–Crippen LogP) is 5.00. The van der Waals surface area contributed by atoms with Crippen molar-refractivity contribution in [2.75, 3.05) is 62.2 Å². The lowest BCUT2D eigenvalue weighted by molar-refractivity contribution is 0.0684. The highest BCUT2D eigenvalue weighted by atomic mass is 19.1. The highest BCUT2D eigenvalue weighted by Gasteiger charge is 2.27. The average molecular weight is 721 g/mol. The first-order valence-electron chi connectivity index (χ1n) is 18.3. The first-order chi connectivity index (χ1) is 25.1. The van der Waals surface area contributed by atoms with Gasteiger partial charge in [-0.3, -0.25) is 9.59 Å². The molecule has 12 nitrogen and oxygen atoms in total. The molecule has 2 aromatic carbocycles. The zero-order valence-electron chi connectivity index (χ0n) is 29.4. The van der Waals surface area contributed by atoms with Crippen molar-refractivity contribution in [2.45, 2.75) is 64.5 Å². The molecule has 0 spiro atoms. The number of piperazine rings is 2. The highest BCUT2D eigenvalue weighted by molar-refractivity contribution is 5.95. The maximum atomic E-state index is 15.8. The Kier molecular flexibility index (Phi) is 11.5. The Morgan fingerprint density at radius 3 is 1.48 bits per heavy atom. The summed E-state index contributed by atoms with van der Waals surface area (Å²) >= 11 is 0. The van der Waals surface area contributed by atoms with E-state index in [1.54, 1.807) is 21.3 Å². The van der Waals surface area contributed by atoms with Crippen LogP contribution in [0.15, 0.2) is 46.2 Å². The number of carboxylic acids is 2. The smallest absolute Gasteiger partial charge is 0.341 e. The molecule has 0 radical (unpaired) electrons. The lowest BCUT2D eigenvalue weighted by atomic mass is 10.0. The third-order valence-electron chi connectivity index (χ3n) is 10.3. The van der Waals surface area contributed by atoms with Crippen LogP contribution in [-0.2, 0) is 0 Å². The van der Waals surface area contributed by atoms with Gasteiger partial charge in [0.1, 0.15) is 28.9 Å². The summed E-state index contributed by atoms with van der Waals surface area (Å²) in [5, 5.41) is 26.6. The van der Waals surface area contributed by atoms with E-state index in [1.807, 2.05) is 9.80 Å². The first kappa shape index (κ1) is 37.0. The van der Waals surface area contributed by atoms with Gasteiger partial charge in [0.05, 0.1) is 22.4 Å². The van der Waals surface area contributed by atoms with Crippen LogP contribution >= 0.6 is 0 Å². The van der Waals surface area contributed by atoms with E-state index >= 15 is 8.78 Å². The van der Waals surface area contributed by atoms with E-state index in [1.165, 1.54) is 12.4 Å². The van der Waals surface area contributed by atoms with Gasteiger partial charge in [-0.25, -0.2) is 18.4 Å². The summed E-state index contributed by atoms with van der Waals surface area (Å²) in [7, 11) is 0. The van der Waals surface area contributed by atoms with Gasteiger partial charge in [-0.2, -0.15) is 0 Å². The first-order valence-corrected chi connectivity index (χ1v) is 18.3. The summed E-state index contributed by atoms with van der Waals surface area (Å²) in [6.45, 7) is 6.66. The summed E-state index contributed by atoms with van der Waals surface area (Å²) in [5.74, 6) is -4.33. The summed E-state index contributed by atoms with van der Waals surface area (Å²) in [4.78, 5) is 56.0. The average Bonchev–Trinajstić information content (AvgIpc) is 3.14. The molecule has 2 saturated heterocycles. The van der Waals surface area contributed by atoms with Crippen molar-refractivity contribution in [1.29, 1.82) is 0 Å². The molecule has 0 unspecified atom stereocenters. The van der Waals surface area contributed by atoms with Crippen molar-refractivity contribution >= 4 is 45.1 Å². The Balaban J connectivity index is 1.61. The highest BCUT2D eigenvalue weighted by Crippen LogP contribution is 2.33. The molecule has 2 aliphatic rings. The Hall–Kier alpha value is -4.82. The normalized spacial score (nSPS) is 15.2. The minimum Gasteiger partial charge on any atom is -0.477 e. The van der Waals surface area contributed by atoms with E-state index in [-0.39, 0.29) is 33.2 Å². The van der Waals surface area contributed by atoms with Crippen molar-refractivity contribution in [1.82, 2.24) is 19.8 Å². The fourth-order valence-corrected chi connectivity index (χ4v) is 7.51. The Morgan fingerprint density at radius 2 is 1.08 bits per heavy atom. The lowest BCUT2D eigenvalue weighted by Gasteiger charge is -2.32. The monoisotopic (exact) mass is 720 g/mol. The number of pyridine rings is 2. The molecule has 0 amide bonds. The van der Waals surface area contributed by atoms with E-state index in [0.717, 1.165) is 50.7 Å². The van der Waals surface area contributed by atoms with Crippen LogP contribution in [0.4, 0.5) is 20.2 Å². The van der Waals surface area contributed by atoms with Crippen molar-refractivity contribution < 1.29 is 28.6 Å². The fraction of sp³-hybridized carbons (Fsp3) is 0.474. The molecular weight excluding hydrogens is 674 g/mol. The Labute approximate surface area is 299 Å². The van der Waals surface area contributed by atoms with Gasteiger partial charge in [0.25, 0.3) is 0 Å². The molecular formula is C38H46F2N6O6. The van der Waals surface area contributed by atoms with Gasteiger partial charge in [-0.1, -0.05) is 45.4 Å². The number of aromatic nitrogens is 2. The van der Waals surface area contributed by atoms with Gasteiger partial charge < -0.3 is 39.8 Å². The second-order valence-electron chi connectivity index (χ2n) is 13.7. The number of rotatable bonds is 14. The number of hydrogen-bond acceptors (Lipinski definition) is 8. The van der Waals surface area contributed by atoms with Crippen molar-refractivity contribution in [3.05, 3.63) is 79.9 Å². The van der Waals surface area contributed by atoms with E-state index in [4.69, 9.17) is 0 Å². The quantitative estimate of drug-likeness (QED) is 0.131. The molecule has 2 aliphatic heterocycles. The second-order valence-corrected chi connectivity index (χ2v) is 13.7. The van der Waals surface area contributed by atoms with Crippen LogP contribution in [0.1, 0.15) is 85.2 Å². The number of fused-ring (bicyclic) bond motifs is 2. The van der Waals surface area contributed by atoms with Gasteiger partial charge in [0.2, 0.25) is 10.9 Å². The number of nitrogens with zero attached hydrogens (tertiary/aromatic N) is 4. The Morgan fingerprint density at radius 1 is 0.673 bits per heavy atom. The molecule has 0 bridgehead atoms. The molecule has 2 aromatic heterocycles. The molecule has 14 heteroatoms. The number of hydrogen-bond donors (Lipinski definition) is 4. The SMILES string of the molecule is CCCCCCCCCC(n1cc(C(=O)O)c(=O)c2cc(F)c(N3CCNCC3)cc21)n1cc(C(=O)O)c(=O)c2cc(F)c(N3CCNCC3)cc21. The van der Waals surface area contributed by atoms with Crippen molar-refractivity contribution in [2.24, 2.45) is 0 Å². The molecule has 4 heterocycles. The van der Waals surface area contributed by atoms with Crippen LogP contribution in [0.3, 0.4) is 0 Å². The topological polar surface area (TPSA) is 149 Å². The third kappa shape index (κ3) is 7.54. The van der Waals surface area contributed by atoms with Gasteiger partial charge in [-0.15, -0.1) is 0 Å².